The van der Waals surface area contributed by atoms with Crippen LogP contribution >= 0.6 is 24.0 Å². The molecule has 2 aromatic rings. The molecule has 2 heterocycles. The molecule has 4 rings (SSSR count). The number of nitriles is 1. The fourth-order valence-corrected chi connectivity index (χ4v) is 4.88. The van der Waals surface area contributed by atoms with Gasteiger partial charge in [0.2, 0.25) is 0 Å². The average Bonchev–Trinajstić information content (AvgIpc) is 3.27. The second-order valence-electron chi connectivity index (χ2n) is 7.19. The number of nitrogens with zero attached hydrogens (tertiary/aromatic N) is 3. The van der Waals surface area contributed by atoms with Crippen molar-refractivity contribution >= 4 is 42.3 Å². The van der Waals surface area contributed by atoms with E-state index < -0.39 is 0 Å². The fourth-order valence-electron chi connectivity index (χ4n) is 3.73. The minimum Gasteiger partial charge on any atom is -0.409 e. The SMILES string of the molecule is CC.CSc1ccc2c(c1)CCN2C(=O)c1ccccc1OSN1CCB(C#N)CC1. The molecule has 0 aliphatic carbocycles. The van der Waals surface area contributed by atoms with Crippen LogP contribution in [0.25, 0.3) is 0 Å². The summed E-state index contributed by atoms with van der Waals surface area (Å²) in [7, 11) is 0. The van der Waals surface area contributed by atoms with Crippen molar-refractivity contribution in [2.75, 3.05) is 30.8 Å². The molecule has 1 amide bonds. The summed E-state index contributed by atoms with van der Waals surface area (Å²) in [5.74, 6) is 2.90. The Morgan fingerprint density at radius 1 is 1.13 bits per heavy atom. The summed E-state index contributed by atoms with van der Waals surface area (Å²) >= 11 is 2.99. The first-order chi connectivity index (χ1) is 15.2. The second kappa shape index (κ2) is 11.5. The maximum absolute atomic E-state index is 13.3. The van der Waals surface area contributed by atoms with Crippen LogP contribution in [0.4, 0.5) is 5.69 Å². The summed E-state index contributed by atoms with van der Waals surface area (Å²) in [4.78, 5) is 16.4. The molecule has 0 atom stereocenters. The van der Waals surface area contributed by atoms with Crippen molar-refractivity contribution in [3.8, 4) is 11.7 Å². The third kappa shape index (κ3) is 5.59. The van der Waals surface area contributed by atoms with Gasteiger partial charge in [-0.1, -0.05) is 26.0 Å². The van der Waals surface area contributed by atoms with Gasteiger partial charge in [-0.25, -0.2) is 9.57 Å². The molecule has 0 radical (unpaired) electrons. The lowest BCUT2D eigenvalue weighted by Gasteiger charge is -2.25. The van der Waals surface area contributed by atoms with E-state index in [2.05, 4.69) is 28.7 Å². The van der Waals surface area contributed by atoms with Crippen LogP contribution in [0.5, 0.6) is 5.75 Å². The van der Waals surface area contributed by atoms with Crippen LogP contribution in [0.15, 0.2) is 47.4 Å². The lowest BCUT2D eigenvalue weighted by Crippen LogP contribution is -2.33. The van der Waals surface area contributed by atoms with Crippen molar-refractivity contribution in [3.05, 3.63) is 53.6 Å². The number of fused-ring (bicyclic) bond motifs is 1. The predicted octanol–water partition coefficient (Wildman–Crippen LogP) is 5.45. The molecule has 0 saturated carbocycles. The first-order valence-corrected chi connectivity index (χ1v) is 12.7. The number of amides is 1. The third-order valence-corrected chi connectivity index (χ3v) is 6.97. The molecule has 1 saturated heterocycles. The molecule has 2 aliphatic heterocycles. The molecule has 0 aromatic heterocycles. The average molecular weight is 453 g/mol. The standard InChI is InChI=1S/C21H22BN3O2S2.C2H6/c1-28-17-6-7-19-16(14-17)8-11-25(19)21(26)18-4-2-3-5-20(18)27-29-24-12-9-22(15-23)10-13-24;1-2/h2-7,14H,8-13H2,1H3;1-2H3. The van der Waals surface area contributed by atoms with Crippen LogP contribution in [0, 0.1) is 11.2 Å². The highest BCUT2D eigenvalue weighted by molar-refractivity contribution is 7.98. The molecule has 2 aromatic carbocycles. The van der Waals surface area contributed by atoms with E-state index in [0.717, 1.165) is 37.8 Å². The van der Waals surface area contributed by atoms with Crippen LogP contribution in [0.2, 0.25) is 12.6 Å². The number of hydrogen-bond donors (Lipinski definition) is 0. The molecule has 0 bridgehead atoms. The Hall–Kier alpha value is -2.08. The number of carbonyl (C=O) groups excluding carboxylic acids is 1. The highest BCUT2D eigenvalue weighted by atomic mass is 32.2. The maximum atomic E-state index is 13.3. The summed E-state index contributed by atoms with van der Waals surface area (Å²) in [6.45, 7) is 6.46. The van der Waals surface area contributed by atoms with Crippen molar-refractivity contribution in [1.29, 1.82) is 5.26 Å². The molecular formula is C23H28BN3O2S2. The Labute approximate surface area is 194 Å². The van der Waals surface area contributed by atoms with E-state index in [4.69, 9.17) is 9.44 Å². The van der Waals surface area contributed by atoms with Gasteiger partial charge in [-0.3, -0.25) is 4.79 Å². The number of hydrogen-bond acceptors (Lipinski definition) is 6. The minimum atomic E-state index is -0.0277. The molecular weight excluding hydrogens is 425 g/mol. The third-order valence-electron chi connectivity index (χ3n) is 5.41. The van der Waals surface area contributed by atoms with E-state index in [1.54, 1.807) is 11.8 Å². The van der Waals surface area contributed by atoms with E-state index >= 15 is 0 Å². The number of benzene rings is 2. The van der Waals surface area contributed by atoms with Gasteiger partial charge in [0.25, 0.3) is 12.6 Å². The van der Waals surface area contributed by atoms with Gasteiger partial charge in [-0.2, -0.15) is 0 Å². The Kier molecular flexibility index (Phi) is 8.76. The van der Waals surface area contributed by atoms with Crippen molar-refractivity contribution in [2.24, 2.45) is 0 Å². The van der Waals surface area contributed by atoms with Crippen molar-refractivity contribution in [1.82, 2.24) is 4.31 Å². The molecule has 0 N–H and O–H groups in total. The van der Waals surface area contributed by atoms with Gasteiger partial charge >= 0.3 is 0 Å². The van der Waals surface area contributed by atoms with Gasteiger partial charge in [0.1, 0.15) is 12.2 Å². The molecule has 0 unspecified atom stereocenters. The first-order valence-electron chi connectivity index (χ1n) is 10.8. The summed E-state index contributed by atoms with van der Waals surface area (Å²) < 4.78 is 8.07. The van der Waals surface area contributed by atoms with E-state index in [1.165, 1.54) is 22.7 Å². The summed E-state index contributed by atoms with van der Waals surface area (Å²) in [5.41, 5.74) is 2.79. The summed E-state index contributed by atoms with van der Waals surface area (Å²) in [6, 6.07) is 13.7. The van der Waals surface area contributed by atoms with Gasteiger partial charge in [0.15, 0.2) is 5.75 Å². The van der Waals surface area contributed by atoms with Crippen LogP contribution in [-0.4, -0.2) is 42.8 Å². The molecule has 162 valence electrons. The fraction of sp³-hybridized carbons (Fsp3) is 0.391. The van der Waals surface area contributed by atoms with E-state index in [9.17, 15) is 4.79 Å². The van der Waals surface area contributed by atoms with Crippen LogP contribution in [0.1, 0.15) is 29.8 Å². The highest BCUT2D eigenvalue weighted by Crippen LogP contribution is 2.34. The van der Waals surface area contributed by atoms with E-state index in [1.807, 2.05) is 49.1 Å². The van der Waals surface area contributed by atoms with Crippen LogP contribution < -0.4 is 9.08 Å². The molecule has 1 fully saturated rings. The lowest BCUT2D eigenvalue weighted by atomic mass is 9.45. The van der Waals surface area contributed by atoms with Gasteiger partial charge in [-0.05, 0) is 61.2 Å². The molecule has 0 spiro atoms. The molecule has 8 heteroatoms. The number of para-hydroxylation sites is 1. The number of anilines is 1. The first kappa shape index (κ1) is 23.6. The Balaban J connectivity index is 0.00000132. The Morgan fingerprint density at radius 2 is 1.87 bits per heavy atom. The lowest BCUT2D eigenvalue weighted by molar-refractivity contribution is 0.0988. The molecule has 31 heavy (non-hydrogen) atoms. The van der Waals surface area contributed by atoms with Gasteiger partial charge in [0, 0.05) is 36.2 Å². The number of thioether (sulfide) groups is 1. The summed E-state index contributed by atoms with van der Waals surface area (Å²) in [6.07, 6.45) is 4.65. The minimum absolute atomic E-state index is 0.0277. The van der Waals surface area contributed by atoms with E-state index in [0.29, 0.717) is 17.9 Å². The van der Waals surface area contributed by atoms with Crippen LogP contribution in [0.3, 0.4) is 0 Å². The largest absolute Gasteiger partial charge is 0.409 e. The topological polar surface area (TPSA) is 56.6 Å². The molecule has 2 aliphatic rings. The van der Waals surface area contributed by atoms with Crippen molar-refractivity contribution in [2.45, 2.75) is 37.8 Å². The zero-order valence-electron chi connectivity index (χ0n) is 18.3. The number of carbonyl (C=O) groups is 1. The Bertz CT molecular complexity index is 943. The second-order valence-corrected chi connectivity index (χ2v) is 8.90. The van der Waals surface area contributed by atoms with Gasteiger partial charge in [-0.15, -0.1) is 11.8 Å². The van der Waals surface area contributed by atoms with Gasteiger partial charge < -0.3 is 9.08 Å². The zero-order valence-corrected chi connectivity index (χ0v) is 20.0. The smallest absolute Gasteiger partial charge is 0.270 e. The normalized spacial score (nSPS) is 15.5. The zero-order chi connectivity index (χ0) is 22.2. The maximum Gasteiger partial charge on any atom is 0.270 e. The predicted molar refractivity (Wildman–Crippen MR) is 132 cm³/mol. The summed E-state index contributed by atoms with van der Waals surface area (Å²) in [5, 5.41) is 9.04. The van der Waals surface area contributed by atoms with Crippen LogP contribution in [-0.2, 0) is 6.42 Å². The monoisotopic (exact) mass is 453 g/mol. The highest BCUT2D eigenvalue weighted by Gasteiger charge is 2.28. The van der Waals surface area contributed by atoms with Crippen molar-refractivity contribution < 1.29 is 8.98 Å². The molecule has 5 nitrogen and oxygen atoms in total. The van der Waals surface area contributed by atoms with E-state index in [-0.39, 0.29) is 12.6 Å². The quantitative estimate of drug-likeness (QED) is 0.260. The number of rotatable bonds is 5. The Morgan fingerprint density at radius 3 is 2.58 bits per heavy atom. The van der Waals surface area contributed by atoms with Crippen molar-refractivity contribution in [3.63, 3.8) is 0 Å². The van der Waals surface area contributed by atoms with Gasteiger partial charge in [0.05, 0.1) is 5.56 Å².